The van der Waals surface area contributed by atoms with Crippen LogP contribution in [0.2, 0.25) is 0 Å². The highest BCUT2D eigenvalue weighted by atomic mass is 16.5. The lowest BCUT2D eigenvalue weighted by molar-refractivity contribution is 0.414. The fourth-order valence-corrected chi connectivity index (χ4v) is 2.76. The molecular formula is C18H19NO. The number of methoxy groups -OCH3 is 1. The van der Waals surface area contributed by atoms with Gasteiger partial charge in [0.15, 0.2) is 0 Å². The first-order chi connectivity index (χ1) is 9.86. The number of benzene rings is 2. The van der Waals surface area contributed by atoms with Crippen LogP contribution in [0.1, 0.15) is 29.9 Å². The van der Waals surface area contributed by atoms with Gasteiger partial charge in [0, 0.05) is 12.3 Å². The van der Waals surface area contributed by atoms with Gasteiger partial charge in [-0.1, -0.05) is 42.5 Å². The van der Waals surface area contributed by atoms with E-state index in [9.17, 15) is 0 Å². The minimum absolute atomic E-state index is 0.564. The van der Waals surface area contributed by atoms with E-state index in [1.54, 1.807) is 7.11 Å². The van der Waals surface area contributed by atoms with Crippen LogP contribution in [0.4, 0.5) is 0 Å². The summed E-state index contributed by atoms with van der Waals surface area (Å²) in [4.78, 5) is 4.70. The van der Waals surface area contributed by atoms with Crippen LogP contribution in [-0.4, -0.2) is 19.4 Å². The van der Waals surface area contributed by atoms with Gasteiger partial charge in [0.2, 0.25) is 0 Å². The molecule has 0 radical (unpaired) electrons. The Hall–Kier alpha value is -2.09. The fraction of sp³-hybridized carbons (Fsp3) is 0.278. The Morgan fingerprint density at radius 3 is 2.45 bits per heavy atom. The van der Waals surface area contributed by atoms with Crippen molar-refractivity contribution in [2.45, 2.75) is 18.8 Å². The maximum atomic E-state index is 5.22. The average Bonchev–Trinajstić information content (AvgIpc) is 2.56. The van der Waals surface area contributed by atoms with Gasteiger partial charge < -0.3 is 4.74 Å². The lowest BCUT2D eigenvalue weighted by Gasteiger charge is -2.22. The Bertz CT molecular complexity index is 587. The number of ether oxygens (including phenoxy) is 1. The first-order valence-corrected chi connectivity index (χ1v) is 7.09. The molecule has 0 spiro atoms. The van der Waals surface area contributed by atoms with Crippen LogP contribution in [0.25, 0.3) is 0 Å². The topological polar surface area (TPSA) is 21.6 Å². The molecule has 0 aliphatic carbocycles. The van der Waals surface area contributed by atoms with Crippen LogP contribution in [0.5, 0.6) is 5.75 Å². The Morgan fingerprint density at radius 2 is 1.75 bits per heavy atom. The van der Waals surface area contributed by atoms with E-state index in [0.717, 1.165) is 25.1 Å². The molecule has 2 heteroatoms. The lowest BCUT2D eigenvalue weighted by atomic mass is 9.86. The van der Waals surface area contributed by atoms with E-state index in [1.807, 2.05) is 18.2 Å². The molecule has 2 nitrogen and oxygen atoms in total. The number of hydrogen-bond acceptors (Lipinski definition) is 2. The molecule has 0 N–H and O–H groups in total. The molecule has 0 bridgehead atoms. The van der Waals surface area contributed by atoms with E-state index < -0.39 is 0 Å². The second-order valence-corrected chi connectivity index (χ2v) is 5.16. The molecular weight excluding hydrogens is 246 g/mol. The van der Waals surface area contributed by atoms with E-state index in [4.69, 9.17) is 9.73 Å². The predicted octanol–water partition coefficient (Wildman–Crippen LogP) is 4.06. The molecule has 1 unspecified atom stereocenters. The predicted molar refractivity (Wildman–Crippen MR) is 82.8 cm³/mol. The van der Waals surface area contributed by atoms with Crippen LogP contribution >= 0.6 is 0 Å². The normalized spacial score (nSPS) is 18.4. The van der Waals surface area contributed by atoms with Crippen LogP contribution in [0.15, 0.2) is 59.6 Å². The number of hydrogen-bond donors (Lipinski definition) is 0. The van der Waals surface area contributed by atoms with Crippen LogP contribution in [0, 0.1) is 0 Å². The highest BCUT2D eigenvalue weighted by Gasteiger charge is 2.19. The molecule has 102 valence electrons. The zero-order valence-electron chi connectivity index (χ0n) is 11.8. The van der Waals surface area contributed by atoms with Gasteiger partial charge in [-0.05, 0) is 42.0 Å². The van der Waals surface area contributed by atoms with E-state index in [0.29, 0.717) is 5.92 Å². The zero-order valence-corrected chi connectivity index (χ0v) is 11.8. The maximum absolute atomic E-state index is 5.22. The van der Waals surface area contributed by atoms with Gasteiger partial charge in [0.25, 0.3) is 0 Å². The van der Waals surface area contributed by atoms with Crippen LogP contribution < -0.4 is 4.74 Å². The van der Waals surface area contributed by atoms with E-state index >= 15 is 0 Å². The Kier molecular flexibility index (Phi) is 3.82. The molecule has 1 aliphatic heterocycles. The summed E-state index contributed by atoms with van der Waals surface area (Å²) < 4.78 is 5.22. The average molecular weight is 265 g/mol. The molecule has 1 atom stereocenters. The minimum atomic E-state index is 0.564. The van der Waals surface area contributed by atoms with Crippen molar-refractivity contribution in [3.05, 3.63) is 65.7 Å². The van der Waals surface area contributed by atoms with Gasteiger partial charge in [-0.25, -0.2) is 0 Å². The fourth-order valence-electron chi connectivity index (χ4n) is 2.76. The summed E-state index contributed by atoms with van der Waals surface area (Å²) in [7, 11) is 1.70. The van der Waals surface area contributed by atoms with Gasteiger partial charge in [0.1, 0.15) is 5.75 Å². The Balaban J connectivity index is 1.78. The lowest BCUT2D eigenvalue weighted by Crippen LogP contribution is -2.15. The van der Waals surface area contributed by atoms with Crippen molar-refractivity contribution in [3.63, 3.8) is 0 Å². The van der Waals surface area contributed by atoms with Gasteiger partial charge in [-0.15, -0.1) is 0 Å². The molecule has 0 amide bonds. The molecule has 0 saturated heterocycles. The molecule has 3 rings (SSSR count). The first kappa shape index (κ1) is 12.9. The third-order valence-electron chi connectivity index (χ3n) is 3.91. The van der Waals surface area contributed by atoms with Crippen molar-refractivity contribution in [3.8, 4) is 5.75 Å². The van der Waals surface area contributed by atoms with Gasteiger partial charge >= 0.3 is 0 Å². The Labute approximate surface area is 120 Å². The summed E-state index contributed by atoms with van der Waals surface area (Å²) in [5.41, 5.74) is 3.87. The third kappa shape index (κ3) is 2.74. The highest BCUT2D eigenvalue weighted by molar-refractivity contribution is 6.01. The standard InChI is InChI=1S/C18H19NO/c1-20-17-9-7-14(8-10-17)16-11-12-19-18(13-16)15-5-3-2-4-6-15/h2-10,16H,11-13H2,1H3. The zero-order chi connectivity index (χ0) is 13.8. The summed E-state index contributed by atoms with van der Waals surface area (Å²) in [5, 5.41) is 0. The smallest absolute Gasteiger partial charge is 0.118 e. The number of nitrogens with zero attached hydrogens (tertiary/aromatic N) is 1. The maximum Gasteiger partial charge on any atom is 0.118 e. The first-order valence-electron chi connectivity index (χ1n) is 7.09. The summed E-state index contributed by atoms with van der Waals surface area (Å²) in [6, 6.07) is 18.9. The van der Waals surface area contributed by atoms with E-state index in [2.05, 4.69) is 36.4 Å². The molecule has 2 aromatic rings. The van der Waals surface area contributed by atoms with Crippen molar-refractivity contribution in [1.82, 2.24) is 0 Å². The monoisotopic (exact) mass is 265 g/mol. The molecule has 0 fully saturated rings. The summed E-state index contributed by atoms with van der Waals surface area (Å²) in [5.74, 6) is 1.48. The van der Waals surface area contributed by atoms with Crippen LogP contribution in [-0.2, 0) is 0 Å². The summed E-state index contributed by atoms with van der Waals surface area (Å²) >= 11 is 0. The van der Waals surface area contributed by atoms with Gasteiger partial charge in [-0.3, -0.25) is 4.99 Å². The van der Waals surface area contributed by atoms with Crippen molar-refractivity contribution < 1.29 is 4.74 Å². The molecule has 0 aromatic heterocycles. The third-order valence-corrected chi connectivity index (χ3v) is 3.91. The van der Waals surface area contributed by atoms with Gasteiger partial charge in [0.05, 0.1) is 7.11 Å². The summed E-state index contributed by atoms with van der Waals surface area (Å²) in [6.07, 6.45) is 2.15. The van der Waals surface area contributed by atoms with Gasteiger partial charge in [-0.2, -0.15) is 0 Å². The number of rotatable bonds is 3. The molecule has 1 heterocycles. The highest BCUT2D eigenvalue weighted by Crippen LogP contribution is 2.30. The molecule has 1 aliphatic rings. The second kappa shape index (κ2) is 5.91. The minimum Gasteiger partial charge on any atom is -0.497 e. The SMILES string of the molecule is COc1ccc(C2CCN=C(c3ccccc3)C2)cc1. The van der Waals surface area contributed by atoms with Crippen molar-refractivity contribution in [2.75, 3.05) is 13.7 Å². The van der Waals surface area contributed by atoms with Crippen LogP contribution in [0.3, 0.4) is 0 Å². The van der Waals surface area contributed by atoms with Crippen molar-refractivity contribution in [1.29, 1.82) is 0 Å². The molecule has 20 heavy (non-hydrogen) atoms. The molecule has 2 aromatic carbocycles. The molecule has 0 saturated carbocycles. The number of aliphatic imine (C=N–C) groups is 1. The second-order valence-electron chi connectivity index (χ2n) is 5.16. The van der Waals surface area contributed by atoms with Crippen molar-refractivity contribution >= 4 is 5.71 Å². The van der Waals surface area contributed by atoms with E-state index in [-0.39, 0.29) is 0 Å². The summed E-state index contributed by atoms with van der Waals surface area (Å²) in [6.45, 7) is 0.918. The van der Waals surface area contributed by atoms with E-state index in [1.165, 1.54) is 16.8 Å². The Morgan fingerprint density at radius 1 is 1.00 bits per heavy atom. The quantitative estimate of drug-likeness (QED) is 0.820. The van der Waals surface area contributed by atoms with Crippen molar-refractivity contribution in [2.24, 2.45) is 4.99 Å². The largest absolute Gasteiger partial charge is 0.497 e.